The maximum atomic E-state index is 12.4. The summed E-state index contributed by atoms with van der Waals surface area (Å²) in [5, 5.41) is 12.6. The van der Waals surface area contributed by atoms with Gasteiger partial charge < -0.3 is 5.32 Å². The van der Waals surface area contributed by atoms with E-state index in [0.717, 1.165) is 47.6 Å². The van der Waals surface area contributed by atoms with Crippen molar-refractivity contribution >= 4 is 23.6 Å². The highest BCUT2D eigenvalue weighted by Gasteiger charge is 2.13. The third kappa shape index (κ3) is 5.64. The van der Waals surface area contributed by atoms with Crippen molar-refractivity contribution in [2.75, 3.05) is 0 Å². The minimum atomic E-state index is -0.175. The van der Waals surface area contributed by atoms with Crippen molar-refractivity contribution in [2.24, 2.45) is 0 Å². The minimum absolute atomic E-state index is 0.175. The topological polar surface area (TPSA) is 64.7 Å². The van der Waals surface area contributed by atoms with Crippen molar-refractivity contribution in [1.82, 2.24) is 24.9 Å². The summed E-state index contributed by atoms with van der Waals surface area (Å²) in [4.78, 5) is 12.4. The molecular formula is C24H30ClN5O. The Morgan fingerprint density at radius 1 is 1.10 bits per heavy atom. The highest BCUT2D eigenvalue weighted by molar-refractivity contribution is 6.31. The maximum absolute atomic E-state index is 12.4. The molecule has 0 aliphatic heterocycles. The molecular weight excluding hydrogens is 410 g/mol. The SMILES string of the molecule is CCCCn1nc(C)c(/C=C/C(=O)NCc2c(C)nn(Cc3ccccc3)c2C)c1Cl. The summed E-state index contributed by atoms with van der Waals surface area (Å²) in [6, 6.07) is 10.2. The van der Waals surface area contributed by atoms with E-state index >= 15 is 0 Å². The molecule has 6 nitrogen and oxygen atoms in total. The molecule has 1 aromatic carbocycles. The summed E-state index contributed by atoms with van der Waals surface area (Å²) >= 11 is 6.44. The van der Waals surface area contributed by atoms with Gasteiger partial charge in [-0.1, -0.05) is 55.3 Å². The van der Waals surface area contributed by atoms with E-state index in [1.165, 1.54) is 11.6 Å². The number of nitrogens with zero attached hydrogens (tertiary/aromatic N) is 4. The van der Waals surface area contributed by atoms with Gasteiger partial charge in [-0.3, -0.25) is 14.2 Å². The van der Waals surface area contributed by atoms with Crippen LogP contribution < -0.4 is 5.32 Å². The Morgan fingerprint density at radius 3 is 2.52 bits per heavy atom. The summed E-state index contributed by atoms with van der Waals surface area (Å²) in [6.07, 6.45) is 5.34. The lowest BCUT2D eigenvalue weighted by atomic mass is 10.2. The van der Waals surface area contributed by atoms with Crippen LogP contribution in [0.4, 0.5) is 0 Å². The minimum Gasteiger partial charge on any atom is -0.348 e. The van der Waals surface area contributed by atoms with Gasteiger partial charge in [0.05, 0.1) is 17.9 Å². The smallest absolute Gasteiger partial charge is 0.244 e. The van der Waals surface area contributed by atoms with E-state index in [4.69, 9.17) is 11.6 Å². The van der Waals surface area contributed by atoms with Gasteiger partial charge in [-0.05, 0) is 38.8 Å². The first kappa shape index (κ1) is 22.8. The zero-order chi connectivity index (χ0) is 22.4. The normalized spacial score (nSPS) is 11.4. The Balaban J connectivity index is 1.63. The summed E-state index contributed by atoms with van der Waals surface area (Å²) in [5.74, 6) is -0.175. The van der Waals surface area contributed by atoms with E-state index in [-0.39, 0.29) is 5.91 Å². The third-order valence-electron chi connectivity index (χ3n) is 5.38. The lowest BCUT2D eigenvalue weighted by Crippen LogP contribution is -2.21. The fraction of sp³-hybridized carbons (Fsp3) is 0.375. The number of nitrogens with one attached hydrogen (secondary N) is 1. The van der Waals surface area contributed by atoms with Gasteiger partial charge in [0.25, 0.3) is 0 Å². The van der Waals surface area contributed by atoms with Crippen LogP contribution in [0.15, 0.2) is 36.4 Å². The molecule has 0 radical (unpaired) electrons. The number of amides is 1. The van der Waals surface area contributed by atoms with Crippen molar-refractivity contribution in [3.63, 3.8) is 0 Å². The van der Waals surface area contributed by atoms with Gasteiger partial charge in [-0.25, -0.2) is 0 Å². The molecule has 0 aliphatic carbocycles. The average molecular weight is 440 g/mol. The number of aromatic nitrogens is 4. The molecule has 0 fully saturated rings. The lowest BCUT2D eigenvalue weighted by Gasteiger charge is -2.06. The standard InChI is InChI=1S/C24H30ClN5O/c1-5-6-14-29-24(25)21(17(2)27-29)12-13-23(31)26-15-22-18(3)28-30(19(22)4)16-20-10-8-7-9-11-20/h7-13H,5-6,14-16H2,1-4H3,(H,26,31)/b13-12+. The maximum Gasteiger partial charge on any atom is 0.244 e. The number of unbranched alkanes of at least 4 members (excludes halogenated alkanes) is 1. The molecule has 1 N–H and O–H groups in total. The van der Waals surface area contributed by atoms with E-state index < -0.39 is 0 Å². The summed E-state index contributed by atoms with van der Waals surface area (Å²) in [7, 11) is 0. The number of hydrogen-bond acceptors (Lipinski definition) is 3. The van der Waals surface area contributed by atoms with E-state index in [1.807, 2.05) is 43.7 Å². The summed E-state index contributed by atoms with van der Waals surface area (Å²) in [6.45, 7) is 9.96. The lowest BCUT2D eigenvalue weighted by molar-refractivity contribution is -0.116. The number of carbonyl (C=O) groups is 1. The summed E-state index contributed by atoms with van der Waals surface area (Å²) < 4.78 is 3.78. The zero-order valence-corrected chi connectivity index (χ0v) is 19.4. The summed E-state index contributed by atoms with van der Waals surface area (Å²) in [5.41, 5.74) is 5.82. The monoisotopic (exact) mass is 439 g/mol. The molecule has 0 aliphatic rings. The number of aryl methyl sites for hydroxylation is 3. The van der Waals surface area contributed by atoms with Gasteiger partial charge in [-0.2, -0.15) is 10.2 Å². The third-order valence-corrected chi connectivity index (χ3v) is 5.78. The molecule has 7 heteroatoms. The number of halogens is 1. The second-order valence-electron chi connectivity index (χ2n) is 7.71. The second kappa shape index (κ2) is 10.4. The Bertz CT molecular complexity index is 1070. The number of carbonyl (C=O) groups excluding carboxylic acids is 1. The van der Waals surface area contributed by atoms with Gasteiger partial charge in [0.1, 0.15) is 5.15 Å². The first-order valence-electron chi connectivity index (χ1n) is 10.7. The van der Waals surface area contributed by atoms with Crippen LogP contribution in [0.1, 0.15) is 53.5 Å². The van der Waals surface area contributed by atoms with Crippen molar-refractivity contribution in [3.05, 3.63) is 75.3 Å². The van der Waals surface area contributed by atoms with Crippen LogP contribution >= 0.6 is 11.6 Å². The van der Waals surface area contributed by atoms with Crippen molar-refractivity contribution in [3.8, 4) is 0 Å². The van der Waals surface area contributed by atoms with Gasteiger partial charge in [0.15, 0.2) is 0 Å². The van der Waals surface area contributed by atoms with Crippen LogP contribution in [0, 0.1) is 20.8 Å². The van der Waals surface area contributed by atoms with E-state index in [0.29, 0.717) is 18.2 Å². The van der Waals surface area contributed by atoms with Gasteiger partial charge in [-0.15, -0.1) is 0 Å². The molecule has 164 valence electrons. The highest BCUT2D eigenvalue weighted by atomic mass is 35.5. The van der Waals surface area contributed by atoms with Crippen LogP contribution in [-0.2, 0) is 24.4 Å². The number of benzene rings is 1. The average Bonchev–Trinajstić information content (AvgIpc) is 3.18. The quantitative estimate of drug-likeness (QED) is 0.485. The molecule has 3 rings (SSSR count). The zero-order valence-electron chi connectivity index (χ0n) is 18.7. The largest absolute Gasteiger partial charge is 0.348 e. The molecule has 0 atom stereocenters. The van der Waals surface area contributed by atoms with Crippen LogP contribution in [-0.4, -0.2) is 25.5 Å². The fourth-order valence-corrected chi connectivity index (χ4v) is 3.83. The van der Waals surface area contributed by atoms with Crippen molar-refractivity contribution in [1.29, 1.82) is 0 Å². The molecule has 0 saturated carbocycles. The van der Waals surface area contributed by atoms with E-state index in [2.05, 4.69) is 34.6 Å². The first-order valence-corrected chi connectivity index (χ1v) is 11.0. The van der Waals surface area contributed by atoms with E-state index in [9.17, 15) is 4.79 Å². The predicted octanol–water partition coefficient (Wildman–Crippen LogP) is 4.84. The Morgan fingerprint density at radius 2 is 1.81 bits per heavy atom. The fourth-order valence-electron chi connectivity index (χ4n) is 3.51. The highest BCUT2D eigenvalue weighted by Crippen LogP contribution is 2.22. The predicted molar refractivity (Wildman–Crippen MR) is 125 cm³/mol. The van der Waals surface area contributed by atoms with Crippen molar-refractivity contribution in [2.45, 2.75) is 60.2 Å². The molecule has 0 bridgehead atoms. The Hall–Kier alpha value is -2.86. The molecule has 3 aromatic rings. The molecule has 31 heavy (non-hydrogen) atoms. The van der Waals surface area contributed by atoms with Gasteiger partial charge in [0.2, 0.25) is 5.91 Å². The number of hydrogen-bond donors (Lipinski definition) is 1. The Labute approximate surface area is 188 Å². The molecule has 2 aromatic heterocycles. The van der Waals surface area contributed by atoms with Gasteiger partial charge >= 0.3 is 0 Å². The molecule has 0 spiro atoms. The molecule has 2 heterocycles. The first-order chi connectivity index (χ1) is 14.9. The van der Waals surface area contributed by atoms with Crippen LogP contribution in [0.25, 0.3) is 6.08 Å². The second-order valence-corrected chi connectivity index (χ2v) is 8.07. The van der Waals surface area contributed by atoms with Gasteiger partial charge in [0, 0.05) is 36.0 Å². The van der Waals surface area contributed by atoms with Crippen molar-refractivity contribution < 1.29 is 4.79 Å². The number of rotatable bonds is 9. The van der Waals surface area contributed by atoms with Crippen LogP contribution in [0.3, 0.4) is 0 Å². The molecule has 0 unspecified atom stereocenters. The van der Waals surface area contributed by atoms with E-state index in [1.54, 1.807) is 10.8 Å². The van der Waals surface area contributed by atoms with Crippen LogP contribution in [0.2, 0.25) is 5.15 Å². The molecule has 1 amide bonds. The Kier molecular flexibility index (Phi) is 7.69. The molecule has 0 saturated heterocycles. The van der Waals surface area contributed by atoms with Crippen LogP contribution in [0.5, 0.6) is 0 Å².